The van der Waals surface area contributed by atoms with Crippen LogP contribution in [0.4, 0.5) is 5.69 Å². The van der Waals surface area contributed by atoms with E-state index in [0.717, 1.165) is 12.1 Å². The van der Waals surface area contributed by atoms with Gasteiger partial charge in [-0.3, -0.25) is 4.79 Å². The highest BCUT2D eigenvalue weighted by atomic mass is 32.2. The number of carbonyl (C=O) groups excluding carboxylic acids is 1. The molecule has 2 heterocycles. The molecule has 0 aliphatic carbocycles. The van der Waals surface area contributed by atoms with E-state index >= 15 is 0 Å². The quantitative estimate of drug-likeness (QED) is 0.577. The average molecular weight is 411 g/mol. The van der Waals surface area contributed by atoms with E-state index in [1.807, 2.05) is 35.2 Å². The molecule has 1 aliphatic rings. The number of tetrazole rings is 1. The third kappa shape index (κ3) is 3.77. The third-order valence-corrected chi connectivity index (χ3v) is 5.73. The van der Waals surface area contributed by atoms with E-state index in [-0.39, 0.29) is 17.7 Å². The van der Waals surface area contributed by atoms with Gasteiger partial charge in [0.2, 0.25) is 11.1 Å². The van der Waals surface area contributed by atoms with Crippen LogP contribution in [0.5, 0.6) is 11.5 Å². The van der Waals surface area contributed by atoms with Gasteiger partial charge < -0.3 is 14.4 Å². The Hall–Kier alpha value is -3.07. The number of aromatic nitrogens is 4. The van der Waals surface area contributed by atoms with Crippen molar-refractivity contribution in [2.75, 3.05) is 24.9 Å². The van der Waals surface area contributed by atoms with Crippen LogP contribution in [0, 0.1) is 0 Å². The number of anilines is 1. The normalized spacial score (nSPS) is 15.3. The van der Waals surface area contributed by atoms with Gasteiger partial charge in [0.05, 0.1) is 25.7 Å². The number of hydrogen-bond acceptors (Lipinski definition) is 7. The van der Waals surface area contributed by atoms with Crippen LogP contribution in [-0.4, -0.2) is 52.1 Å². The fourth-order valence-corrected chi connectivity index (χ4v) is 4.24. The molecule has 29 heavy (non-hydrogen) atoms. The van der Waals surface area contributed by atoms with Gasteiger partial charge in [0.25, 0.3) is 0 Å². The maximum atomic E-state index is 12.9. The predicted octanol–water partition coefficient (Wildman–Crippen LogP) is 2.75. The summed E-state index contributed by atoms with van der Waals surface area (Å²) >= 11 is 1.30. The molecule has 0 unspecified atom stereocenters. The zero-order valence-corrected chi connectivity index (χ0v) is 17.2. The minimum absolute atomic E-state index is 0.0326. The highest BCUT2D eigenvalue weighted by molar-refractivity contribution is 7.99. The number of hydrogen-bond donors (Lipinski definition) is 0. The summed E-state index contributed by atoms with van der Waals surface area (Å²) in [5.41, 5.74) is 2.88. The predicted molar refractivity (Wildman–Crippen MR) is 110 cm³/mol. The van der Waals surface area contributed by atoms with Crippen molar-refractivity contribution in [1.29, 1.82) is 0 Å². The SMILES string of the molecule is COc1cc(OC)cc(-n2nnnc2SCC(=O)N2c3ccccc3C[C@H]2C)c1. The monoisotopic (exact) mass is 411 g/mol. The molecule has 4 rings (SSSR count). The van der Waals surface area contributed by atoms with E-state index in [1.165, 1.54) is 17.3 Å². The van der Waals surface area contributed by atoms with Gasteiger partial charge in [-0.1, -0.05) is 30.0 Å². The number of nitrogens with zero attached hydrogens (tertiary/aromatic N) is 5. The first kappa shape index (κ1) is 19.3. The molecule has 1 aromatic heterocycles. The van der Waals surface area contributed by atoms with Gasteiger partial charge in [0.1, 0.15) is 11.5 Å². The van der Waals surface area contributed by atoms with Gasteiger partial charge in [-0.05, 0) is 35.4 Å². The first-order chi connectivity index (χ1) is 14.1. The van der Waals surface area contributed by atoms with Crippen molar-refractivity contribution in [3.05, 3.63) is 48.0 Å². The van der Waals surface area contributed by atoms with Crippen molar-refractivity contribution in [1.82, 2.24) is 20.2 Å². The van der Waals surface area contributed by atoms with Crippen LogP contribution in [0.2, 0.25) is 0 Å². The van der Waals surface area contributed by atoms with E-state index in [0.29, 0.717) is 22.3 Å². The Bertz CT molecular complexity index is 1020. The molecule has 8 nitrogen and oxygen atoms in total. The van der Waals surface area contributed by atoms with Crippen LogP contribution in [0.3, 0.4) is 0 Å². The summed E-state index contributed by atoms with van der Waals surface area (Å²) in [5.74, 6) is 1.53. The summed E-state index contributed by atoms with van der Waals surface area (Å²) in [6.07, 6.45) is 0.869. The number of fused-ring (bicyclic) bond motifs is 1. The number of ether oxygens (including phenoxy) is 2. The van der Waals surface area contributed by atoms with E-state index in [9.17, 15) is 4.79 Å². The molecule has 0 bridgehead atoms. The van der Waals surface area contributed by atoms with Crippen molar-refractivity contribution >= 4 is 23.4 Å². The molecule has 0 fully saturated rings. The summed E-state index contributed by atoms with van der Waals surface area (Å²) in [7, 11) is 3.17. The number of rotatable bonds is 6. The van der Waals surface area contributed by atoms with E-state index in [2.05, 4.69) is 28.5 Å². The Morgan fingerprint density at radius 2 is 1.90 bits per heavy atom. The van der Waals surface area contributed by atoms with Crippen LogP contribution >= 0.6 is 11.8 Å². The number of amides is 1. The van der Waals surface area contributed by atoms with Gasteiger partial charge in [0.15, 0.2) is 0 Å². The fraction of sp³-hybridized carbons (Fsp3) is 0.300. The molecule has 9 heteroatoms. The maximum Gasteiger partial charge on any atom is 0.237 e. The molecular formula is C20H21N5O3S. The largest absolute Gasteiger partial charge is 0.497 e. The Morgan fingerprint density at radius 3 is 2.62 bits per heavy atom. The van der Waals surface area contributed by atoms with Crippen LogP contribution in [0.25, 0.3) is 5.69 Å². The van der Waals surface area contributed by atoms with Gasteiger partial charge >= 0.3 is 0 Å². The first-order valence-corrected chi connectivity index (χ1v) is 10.1. The molecular weight excluding hydrogens is 390 g/mol. The van der Waals surface area contributed by atoms with Gasteiger partial charge in [-0.25, -0.2) is 0 Å². The second kappa shape index (κ2) is 8.12. The van der Waals surface area contributed by atoms with Crippen molar-refractivity contribution in [3.8, 4) is 17.2 Å². The van der Waals surface area contributed by atoms with E-state index < -0.39 is 0 Å². The molecule has 1 aliphatic heterocycles. The van der Waals surface area contributed by atoms with Crippen molar-refractivity contribution in [2.45, 2.75) is 24.5 Å². The third-order valence-electron chi connectivity index (χ3n) is 4.82. The summed E-state index contributed by atoms with van der Waals surface area (Å²) in [6.45, 7) is 2.06. The Kier molecular flexibility index (Phi) is 5.39. The Morgan fingerprint density at radius 1 is 1.17 bits per heavy atom. The molecule has 0 saturated carbocycles. The lowest BCUT2D eigenvalue weighted by atomic mass is 10.1. The molecule has 3 aromatic rings. The molecule has 2 aromatic carbocycles. The summed E-state index contributed by atoms with van der Waals surface area (Å²) in [5, 5.41) is 12.4. The molecule has 1 amide bonds. The second-order valence-electron chi connectivity index (χ2n) is 6.68. The van der Waals surface area contributed by atoms with Gasteiger partial charge in [0, 0.05) is 29.9 Å². The fourth-order valence-electron chi connectivity index (χ4n) is 3.49. The van der Waals surface area contributed by atoms with Crippen molar-refractivity contribution in [2.24, 2.45) is 0 Å². The van der Waals surface area contributed by atoms with Crippen molar-refractivity contribution < 1.29 is 14.3 Å². The maximum absolute atomic E-state index is 12.9. The molecule has 0 spiro atoms. The lowest BCUT2D eigenvalue weighted by Gasteiger charge is -2.22. The van der Waals surface area contributed by atoms with Gasteiger partial charge in [-0.15, -0.1) is 5.10 Å². The number of para-hydroxylation sites is 1. The minimum Gasteiger partial charge on any atom is -0.497 e. The highest BCUT2D eigenvalue weighted by Gasteiger charge is 2.30. The Balaban J connectivity index is 1.53. The lowest BCUT2D eigenvalue weighted by molar-refractivity contribution is -0.116. The zero-order chi connectivity index (χ0) is 20.4. The number of carbonyl (C=O) groups is 1. The topological polar surface area (TPSA) is 82.4 Å². The lowest BCUT2D eigenvalue weighted by Crippen LogP contribution is -2.37. The number of benzene rings is 2. The van der Waals surface area contributed by atoms with E-state index in [1.54, 1.807) is 25.0 Å². The minimum atomic E-state index is 0.0326. The zero-order valence-electron chi connectivity index (χ0n) is 16.4. The summed E-state index contributed by atoms with van der Waals surface area (Å²) < 4.78 is 12.2. The van der Waals surface area contributed by atoms with Crippen molar-refractivity contribution in [3.63, 3.8) is 0 Å². The molecule has 150 valence electrons. The van der Waals surface area contributed by atoms with Gasteiger partial charge in [-0.2, -0.15) is 4.68 Å². The van der Waals surface area contributed by atoms with Crippen LogP contribution in [0.1, 0.15) is 12.5 Å². The number of methoxy groups -OCH3 is 2. The smallest absolute Gasteiger partial charge is 0.237 e. The van der Waals surface area contributed by atoms with Crippen LogP contribution < -0.4 is 14.4 Å². The summed E-state index contributed by atoms with van der Waals surface area (Å²) in [6, 6.07) is 13.6. The molecule has 1 atom stereocenters. The first-order valence-electron chi connectivity index (χ1n) is 9.15. The average Bonchev–Trinajstić information content (AvgIpc) is 3.34. The summed E-state index contributed by atoms with van der Waals surface area (Å²) in [4.78, 5) is 14.8. The molecule has 0 N–H and O–H groups in total. The molecule has 0 radical (unpaired) electrons. The van der Waals surface area contributed by atoms with Crippen LogP contribution in [-0.2, 0) is 11.2 Å². The molecule has 0 saturated heterocycles. The highest BCUT2D eigenvalue weighted by Crippen LogP contribution is 2.33. The second-order valence-corrected chi connectivity index (χ2v) is 7.62. The Labute approximate surface area is 172 Å². The number of thioether (sulfide) groups is 1. The van der Waals surface area contributed by atoms with Crippen LogP contribution in [0.15, 0.2) is 47.6 Å². The standard InChI is InChI=1S/C20H21N5O3S/c1-13-8-14-6-4-5-7-18(14)24(13)19(26)12-29-20-21-22-23-25(20)15-9-16(27-2)11-17(10-15)28-3/h4-7,9-11,13H,8,12H2,1-3H3/t13-/m1/s1. The van der Waals surface area contributed by atoms with E-state index in [4.69, 9.17) is 9.47 Å².